The van der Waals surface area contributed by atoms with Gasteiger partial charge in [-0.3, -0.25) is 9.59 Å². The normalized spacial score (nSPS) is 13.6. The molecule has 0 aromatic carbocycles. The molecule has 0 radical (unpaired) electrons. The van der Waals surface area contributed by atoms with E-state index in [0.29, 0.717) is 19.3 Å². The molecule has 288 valence electrons. The average molecular weight is 701 g/mol. The Labute approximate surface area is 307 Å². The molecule has 50 heavy (non-hydrogen) atoms. The molecule has 0 spiro atoms. The molecular formula is C44H76O6. The van der Waals surface area contributed by atoms with E-state index in [0.717, 1.165) is 50.9 Å². The number of rotatable bonds is 35. The first-order chi connectivity index (χ1) is 24.4. The van der Waals surface area contributed by atoms with Crippen LogP contribution in [0.15, 0.2) is 60.8 Å². The third-order valence-electron chi connectivity index (χ3n) is 8.61. The van der Waals surface area contributed by atoms with E-state index in [1.54, 1.807) is 6.08 Å². The number of aliphatic hydroxyl groups is 2. The zero-order valence-corrected chi connectivity index (χ0v) is 32.4. The second-order valence-corrected chi connectivity index (χ2v) is 14.0. The first-order valence-corrected chi connectivity index (χ1v) is 20.3. The molecular weight excluding hydrogens is 624 g/mol. The molecule has 0 aromatic rings. The van der Waals surface area contributed by atoms with Crippen molar-refractivity contribution in [3.8, 4) is 0 Å². The number of hydrogen-bond acceptors (Lipinski definition) is 6. The van der Waals surface area contributed by atoms with Gasteiger partial charge >= 0.3 is 11.9 Å². The molecule has 2 N–H and O–H groups in total. The van der Waals surface area contributed by atoms with E-state index < -0.39 is 24.8 Å². The summed E-state index contributed by atoms with van der Waals surface area (Å²) in [5.41, 5.74) is 0. The van der Waals surface area contributed by atoms with Crippen LogP contribution in [0.3, 0.4) is 0 Å². The summed E-state index contributed by atoms with van der Waals surface area (Å²) in [5, 5.41) is 19.7. The third kappa shape index (κ3) is 36.8. The van der Waals surface area contributed by atoms with Crippen molar-refractivity contribution in [2.24, 2.45) is 5.92 Å². The van der Waals surface area contributed by atoms with Crippen LogP contribution in [0.5, 0.6) is 0 Å². The number of carbonyl (C=O) groups excluding carboxylic acids is 2. The molecule has 0 saturated carbocycles. The fourth-order valence-corrected chi connectivity index (χ4v) is 5.53. The monoisotopic (exact) mass is 701 g/mol. The molecule has 0 fully saturated rings. The van der Waals surface area contributed by atoms with Gasteiger partial charge in [-0.2, -0.15) is 0 Å². The fraction of sp³-hybridized carbons (Fsp3) is 0.727. The summed E-state index contributed by atoms with van der Waals surface area (Å²) in [6, 6.07) is 0. The van der Waals surface area contributed by atoms with Gasteiger partial charge in [0, 0.05) is 12.8 Å². The first-order valence-electron chi connectivity index (χ1n) is 20.3. The lowest BCUT2D eigenvalue weighted by Gasteiger charge is -2.16. The zero-order valence-electron chi connectivity index (χ0n) is 32.4. The molecule has 0 saturated heterocycles. The lowest BCUT2D eigenvalue weighted by Crippen LogP contribution is -2.28. The Kier molecular flexibility index (Phi) is 36.0. The third-order valence-corrected chi connectivity index (χ3v) is 8.61. The Bertz CT molecular complexity index is 915. The predicted molar refractivity (Wildman–Crippen MR) is 211 cm³/mol. The molecule has 6 heteroatoms. The number of hydrogen-bond donors (Lipinski definition) is 2. The van der Waals surface area contributed by atoms with E-state index >= 15 is 0 Å². The van der Waals surface area contributed by atoms with E-state index in [1.807, 2.05) is 18.2 Å². The Morgan fingerprint density at radius 3 is 1.58 bits per heavy atom. The van der Waals surface area contributed by atoms with Gasteiger partial charge in [0.1, 0.15) is 6.61 Å². The van der Waals surface area contributed by atoms with Gasteiger partial charge in [-0.25, -0.2) is 0 Å². The largest absolute Gasteiger partial charge is 0.462 e. The number of aliphatic hydroxyl groups excluding tert-OH is 2. The second-order valence-electron chi connectivity index (χ2n) is 14.0. The summed E-state index contributed by atoms with van der Waals surface area (Å²) in [6.45, 7) is 6.21. The van der Waals surface area contributed by atoms with Gasteiger partial charge in [-0.1, -0.05) is 178 Å². The molecule has 0 aliphatic rings. The molecule has 0 aromatic heterocycles. The Hall–Kier alpha value is -2.44. The quantitative estimate of drug-likeness (QED) is 0.0296. The molecule has 6 nitrogen and oxygen atoms in total. The first kappa shape index (κ1) is 47.6. The Morgan fingerprint density at radius 1 is 0.580 bits per heavy atom. The minimum absolute atomic E-state index is 0.123. The van der Waals surface area contributed by atoms with Crippen LogP contribution in [0.2, 0.25) is 0 Å². The molecule has 0 bridgehead atoms. The fourth-order valence-electron chi connectivity index (χ4n) is 5.53. The van der Waals surface area contributed by atoms with Crippen LogP contribution in [0, 0.1) is 5.92 Å². The highest BCUT2D eigenvalue weighted by molar-refractivity contribution is 5.70. The molecule has 0 aliphatic carbocycles. The number of esters is 2. The maximum absolute atomic E-state index is 12.2. The highest BCUT2D eigenvalue weighted by Gasteiger charge is 2.16. The van der Waals surface area contributed by atoms with Crippen LogP contribution in [-0.2, 0) is 19.1 Å². The van der Waals surface area contributed by atoms with Crippen molar-refractivity contribution in [3.05, 3.63) is 60.8 Å². The van der Waals surface area contributed by atoms with Crippen LogP contribution in [0.4, 0.5) is 0 Å². The highest BCUT2D eigenvalue weighted by atomic mass is 16.6. The summed E-state index contributed by atoms with van der Waals surface area (Å²) in [5.74, 6) is 0.0505. The van der Waals surface area contributed by atoms with Crippen molar-refractivity contribution in [1.29, 1.82) is 0 Å². The predicted octanol–water partition coefficient (Wildman–Crippen LogP) is 11.6. The number of allylic oxidation sites excluding steroid dienone is 9. The average Bonchev–Trinajstić information content (AvgIpc) is 3.09. The standard InChI is InChI=1S/C44H76O6/c1-4-5-6-7-8-9-10-14-18-21-24-27-30-34-41(46)35-32-37-44(48)50-42(38-45)39-49-43(47)36-31-28-25-22-19-16-13-11-12-15-17-20-23-26-29-33-40(2)3/h5-6,8-9,14,18,24,27,30,34,40-42,45-46H,4,7,10-13,15-17,19-23,25-26,28-29,31-33,35-39H2,1-3H3/b6-5-,9-8-,18-14-,27-24-,34-30+/t41?,42-/m0/s1. The van der Waals surface area contributed by atoms with Gasteiger partial charge in [-0.15, -0.1) is 0 Å². The van der Waals surface area contributed by atoms with Crippen molar-refractivity contribution in [2.75, 3.05) is 13.2 Å². The van der Waals surface area contributed by atoms with Crippen molar-refractivity contribution in [3.63, 3.8) is 0 Å². The molecule has 2 atom stereocenters. The number of unbranched alkanes of at least 4 members (excludes halogenated alkanes) is 14. The van der Waals surface area contributed by atoms with E-state index in [2.05, 4.69) is 57.2 Å². The molecule has 0 heterocycles. The Morgan fingerprint density at radius 2 is 1.06 bits per heavy atom. The van der Waals surface area contributed by atoms with Crippen molar-refractivity contribution < 1.29 is 29.3 Å². The molecule has 1 unspecified atom stereocenters. The molecule has 0 amide bonds. The topological polar surface area (TPSA) is 93.1 Å². The number of ether oxygens (including phenoxy) is 2. The minimum Gasteiger partial charge on any atom is -0.462 e. The van der Waals surface area contributed by atoms with Crippen molar-refractivity contribution in [2.45, 2.75) is 187 Å². The highest BCUT2D eigenvalue weighted by Crippen LogP contribution is 2.15. The van der Waals surface area contributed by atoms with E-state index in [4.69, 9.17) is 9.47 Å². The van der Waals surface area contributed by atoms with Crippen LogP contribution in [-0.4, -0.2) is 47.6 Å². The van der Waals surface area contributed by atoms with Crippen LogP contribution < -0.4 is 0 Å². The van der Waals surface area contributed by atoms with Gasteiger partial charge in [-0.05, 0) is 50.9 Å². The van der Waals surface area contributed by atoms with E-state index in [-0.39, 0.29) is 19.0 Å². The summed E-state index contributed by atoms with van der Waals surface area (Å²) in [7, 11) is 0. The van der Waals surface area contributed by atoms with Gasteiger partial charge in [0.2, 0.25) is 0 Å². The van der Waals surface area contributed by atoms with Gasteiger partial charge in [0.05, 0.1) is 12.7 Å². The lowest BCUT2D eigenvalue weighted by atomic mass is 10.0. The van der Waals surface area contributed by atoms with Gasteiger partial charge in [0.15, 0.2) is 6.10 Å². The Balaban J connectivity index is 3.73. The maximum atomic E-state index is 12.2. The molecule has 0 aliphatic heterocycles. The van der Waals surface area contributed by atoms with E-state index in [9.17, 15) is 19.8 Å². The van der Waals surface area contributed by atoms with E-state index in [1.165, 1.54) is 83.5 Å². The van der Waals surface area contributed by atoms with Crippen LogP contribution >= 0.6 is 0 Å². The second kappa shape index (κ2) is 37.8. The SMILES string of the molecule is CC/C=C\C/C=C\C/C=C\C/C=C\C=C\C(O)CCCC(=O)O[C@@H](CO)COC(=O)CCCCCCCCCCCCCCCCCC(C)C. The maximum Gasteiger partial charge on any atom is 0.306 e. The number of carbonyl (C=O) groups is 2. The zero-order chi connectivity index (χ0) is 36.8. The lowest BCUT2D eigenvalue weighted by molar-refractivity contribution is -0.161. The van der Waals surface area contributed by atoms with Crippen molar-refractivity contribution in [1.82, 2.24) is 0 Å². The van der Waals surface area contributed by atoms with Gasteiger partial charge in [0.25, 0.3) is 0 Å². The summed E-state index contributed by atoms with van der Waals surface area (Å²) in [6.07, 6.45) is 44.6. The van der Waals surface area contributed by atoms with Crippen LogP contribution in [0.25, 0.3) is 0 Å². The van der Waals surface area contributed by atoms with Crippen LogP contribution in [0.1, 0.15) is 175 Å². The smallest absolute Gasteiger partial charge is 0.306 e. The summed E-state index contributed by atoms with van der Waals surface area (Å²) in [4.78, 5) is 24.3. The summed E-state index contributed by atoms with van der Waals surface area (Å²) >= 11 is 0. The summed E-state index contributed by atoms with van der Waals surface area (Å²) < 4.78 is 10.5. The van der Waals surface area contributed by atoms with Gasteiger partial charge < -0.3 is 19.7 Å². The van der Waals surface area contributed by atoms with Crippen molar-refractivity contribution >= 4 is 11.9 Å². The molecule has 0 rings (SSSR count). The minimum atomic E-state index is -0.867.